The molecule has 4 rings (SSSR count). The Kier molecular flexibility index (Phi) is 5.10. The normalized spacial score (nSPS) is 17.5. The third kappa shape index (κ3) is 3.50. The van der Waals surface area contributed by atoms with Crippen molar-refractivity contribution in [3.63, 3.8) is 0 Å². The lowest BCUT2D eigenvalue weighted by Crippen LogP contribution is -2.38. The minimum atomic E-state index is 0.302. The molecule has 2 aliphatic heterocycles. The van der Waals surface area contributed by atoms with E-state index in [1.54, 1.807) is 0 Å². The van der Waals surface area contributed by atoms with Crippen LogP contribution < -0.4 is 15.2 Å². The zero-order valence-corrected chi connectivity index (χ0v) is 16.4. The first-order chi connectivity index (χ1) is 13.6. The van der Waals surface area contributed by atoms with Crippen LogP contribution >= 0.6 is 0 Å². The van der Waals surface area contributed by atoms with Crippen LogP contribution in [0.25, 0.3) is 11.3 Å². The van der Waals surface area contributed by atoms with Gasteiger partial charge in [0.05, 0.1) is 11.3 Å². The Morgan fingerprint density at radius 2 is 1.86 bits per heavy atom. The molecule has 1 aromatic heterocycles. The van der Waals surface area contributed by atoms with Gasteiger partial charge in [-0.15, -0.1) is 0 Å². The molecular formula is C22H26N4O2. The third-order valence-electron chi connectivity index (χ3n) is 5.73. The number of aromatic nitrogens is 1. The number of nitrogen functional groups attached to an aromatic ring is 1. The number of nitrogens with zero attached hydrogens (tertiary/aromatic N) is 3. The smallest absolute Gasteiger partial charge is 0.162 e. The molecule has 0 unspecified atom stereocenters. The van der Waals surface area contributed by atoms with E-state index in [2.05, 4.69) is 29.8 Å². The van der Waals surface area contributed by atoms with Crippen molar-refractivity contribution in [1.82, 2.24) is 9.88 Å². The van der Waals surface area contributed by atoms with Gasteiger partial charge < -0.3 is 20.1 Å². The topological polar surface area (TPSA) is 84.4 Å². The number of benzene rings is 1. The second-order valence-corrected chi connectivity index (χ2v) is 7.73. The quantitative estimate of drug-likeness (QED) is 0.879. The second-order valence-electron chi connectivity index (χ2n) is 7.73. The number of pyridine rings is 1. The number of anilines is 1. The Bertz CT molecular complexity index is 911. The molecule has 146 valence electrons. The Balaban J connectivity index is 1.68. The van der Waals surface area contributed by atoms with Gasteiger partial charge in [0.25, 0.3) is 0 Å². The zero-order valence-electron chi connectivity index (χ0n) is 16.4. The molecule has 1 fully saturated rings. The van der Waals surface area contributed by atoms with Gasteiger partial charge in [0, 0.05) is 11.6 Å². The molecule has 1 aromatic carbocycles. The lowest BCUT2D eigenvalue weighted by molar-refractivity contribution is 0.171. The highest BCUT2D eigenvalue weighted by Crippen LogP contribution is 2.38. The van der Waals surface area contributed by atoms with Gasteiger partial charge in [-0.1, -0.05) is 0 Å². The molecule has 2 N–H and O–H groups in total. The fraction of sp³-hybridized carbons (Fsp3) is 0.455. The Hall–Kier alpha value is -2.78. The monoisotopic (exact) mass is 378 g/mol. The molecule has 0 bridgehead atoms. The number of likely N-dealkylation sites (tertiary alicyclic amines) is 1. The van der Waals surface area contributed by atoms with Crippen molar-refractivity contribution >= 4 is 5.82 Å². The number of rotatable bonds is 3. The molecular weight excluding hydrogens is 352 g/mol. The van der Waals surface area contributed by atoms with E-state index < -0.39 is 0 Å². The molecule has 3 heterocycles. The average molecular weight is 378 g/mol. The molecule has 2 aliphatic rings. The predicted octanol–water partition coefficient (Wildman–Crippen LogP) is 3.56. The first kappa shape index (κ1) is 18.6. The Morgan fingerprint density at radius 1 is 1.14 bits per heavy atom. The summed E-state index contributed by atoms with van der Waals surface area (Å²) < 4.78 is 11.3. The van der Waals surface area contributed by atoms with E-state index in [4.69, 9.17) is 15.2 Å². The summed E-state index contributed by atoms with van der Waals surface area (Å²) in [5.41, 5.74) is 9.42. The van der Waals surface area contributed by atoms with Crippen molar-refractivity contribution in [2.75, 3.05) is 32.0 Å². The van der Waals surface area contributed by atoms with E-state index in [0.29, 0.717) is 36.6 Å². The minimum Gasteiger partial charge on any atom is -0.486 e. The van der Waals surface area contributed by atoms with Crippen LogP contribution in [0.5, 0.6) is 11.5 Å². The van der Waals surface area contributed by atoms with Crippen molar-refractivity contribution < 1.29 is 9.47 Å². The third-order valence-corrected chi connectivity index (χ3v) is 5.73. The molecule has 0 aliphatic carbocycles. The second kappa shape index (κ2) is 7.69. The number of nitriles is 1. The molecule has 0 saturated carbocycles. The van der Waals surface area contributed by atoms with Crippen LogP contribution in [0.2, 0.25) is 0 Å². The van der Waals surface area contributed by atoms with Gasteiger partial charge in [-0.25, -0.2) is 4.98 Å². The summed E-state index contributed by atoms with van der Waals surface area (Å²) in [6.45, 7) is 7.63. The van der Waals surface area contributed by atoms with Gasteiger partial charge >= 0.3 is 0 Å². The van der Waals surface area contributed by atoms with E-state index in [9.17, 15) is 5.26 Å². The summed E-state index contributed by atoms with van der Waals surface area (Å²) in [7, 11) is 0. The average Bonchev–Trinajstić information content (AvgIpc) is 2.73. The van der Waals surface area contributed by atoms with E-state index in [1.807, 2.05) is 24.3 Å². The van der Waals surface area contributed by atoms with Gasteiger partial charge in [0.15, 0.2) is 11.5 Å². The number of piperidine rings is 1. The zero-order chi connectivity index (χ0) is 19.7. The fourth-order valence-electron chi connectivity index (χ4n) is 4.11. The van der Waals surface area contributed by atoms with Gasteiger partial charge in [-0.2, -0.15) is 5.26 Å². The first-order valence-corrected chi connectivity index (χ1v) is 9.91. The van der Waals surface area contributed by atoms with Crippen LogP contribution in [0.15, 0.2) is 24.3 Å². The minimum absolute atomic E-state index is 0.302. The highest BCUT2D eigenvalue weighted by atomic mass is 16.6. The van der Waals surface area contributed by atoms with Gasteiger partial charge in [0.2, 0.25) is 0 Å². The molecule has 28 heavy (non-hydrogen) atoms. The van der Waals surface area contributed by atoms with E-state index in [-0.39, 0.29) is 0 Å². The summed E-state index contributed by atoms with van der Waals surface area (Å²) in [4.78, 5) is 6.99. The molecule has 6 heteroatoms. The SMILES string of the molecule is CC(C)N1CCC(c2cc(-c3ccc4c(c3)OCCO4)nc(N)c2C#N)CC1. The van der Waals surface area contributed by atoms with Crippen molar-refractivity contribution in [2.24, 2.45) is 0 Å². The van der Waals surface area contributed by atoms with Crippen LogP contribution in [0.4, 0.5) is 5.82 Å². The maximum Gasteiger partial charge on any atom is 0.162 e. The number of hydrogen-bond acceptors (Lipinski definition) is 6. The predicted molar refractivity (Wildman–Crippen MR) is 108 cm³/mol. The lowest BCUT2D eigenvalue weighted by atomic mass is 9.86. The summed E-state index contributed by atoms with van der Waals surface area (Å²) in [6, 6.07) is 10.7. The molecule has 0 atom stereocenters. The highest BCUT2D eigenvalue weighted by molar-refractivity contribution is 5.69. The number of hydrogen-bond donors (Lipinski definition) is 1. The number of fused-ring (bicyclic) bond motifs is 1. The summed E-state index contributed by atoms with van der Waals surface area (Å²) in [6.07, 6.45) is 2.05. The molecule has 6 nitrogen and oxygen atoms in total. The van der Waals surface area contributed by atoms with E-state index in [0.717, 1.165) is 54.3 Å². The molecule has 0 spiro atoms. The van der Waals surface area contributed by atoms with Crippen molar-refractivity contribution in [1.29, 1.82) is 5.26 Å². The maximum atomic E-state index is 9.67. The number of ether oxygens (including phenoxy) is 2. The Morgan fingerprint density at radius 3 is 2.54 bits per heavy atom. The molecule has 0 amide bonds. The van der Waals surface area contributed by atoms with E-state index >= 15 is 0 Å². The summed E-state index contributed by atoms with van der Waals surface area (Å²) in [5.74, 6) is 2.10. The molecule has 0 radical (unpaired) electrons. The van der Waals surface area contributed by atoms with Gasteiger partial charge in [-0.3, -0.25) is 0 Å². The summed E-state index contributed by atoms with van der Waals surface area (Å²) in [5, 5.41) is 9.67. The van der Waals surface area contributed by atoms with Crippen LogP contribution in [0.3, 0.4) is 0 Å². The van der Waals surface area contributed by atoms with Crippen LogP contribution in [0, 0.1) is 11.3 Å². The van der Waals surface area contributed by atoms with Crippen LogP contribution in [-0.4, -0.2) is 42.2 Å². The van der Waals surface area contributed by atoms with Crippen molar-refractivity contribution in [3.8, 4) is 28.8 Å². The van der Waals surface area contributed by atoms with Crippen molar-refractivity contribution in [2.45, 2.75) is 38.6 Å². The Labute approximate surface area is 165 Å². The van der Waals surface area contributed by atoms with Crippen LogP contribution in [-0.2, 0) is 0 Å². The van der Waals surface area contributed by atoms with E-state index in [1.165, 1.54) is 0 Å². The van der Waals surface area contributed by atoms with Gasteiger partial charge in [-0.05, 0) is 75.5 Å². The highest BCUT2D eigenvalue weighted by Gasteiger charge is 2.26. The molecule has 2 aromatic rings. The van der Waals surface area contributed by atoms with Crippen molar-refractivity contribution in [3.05, 3.63) is 35.4 Å². The molecule has 1 saturated heterocycles. The largest absolute Gasteiger partial charge is 0.486 e. The first-order valence-electron chi connectivity index (χ1n) is 9.91. The lowest BCUT2D eigenvalue weighted by Gasteiger charge is -2.35. The summed E-state index contributed by atoms with van der Waals surface area (Å²) >= 11 is 0. The van der Waals surface area contributed by atoms with Crippen LogP contribution in [0.1, 0.15) is 43.7 Å². The maximum absolute atomic E-state index is 9.67. The standard InChI is InChI=1S/C22H26N4O2/c1-14(2)26-7-5-15(6-8-26)17-12-19(25-22(24)18(17)13-23)16-3-4-20-21(11-16)28-10-9-27-20/h3-4,11-12,14-15H,5-10H2,1-2H3,(H2,24,25). The number of nitrogens with two attached hydrogens (primary N) is 1. The van der Waals surface area contributed by atoms with Gasteiger partial charge in [0.1, 0.15) is 25.1 Å². The fourth-order valence-corrected chi connectivity index (χ4v) is 4.11.